The third-order valence-electron chi connectivity index (χ3n) is 4.00. The molecular formula is C14H20N6O2. The van der Waals surface area contributed by atoms with Crippen LogP contribution in [0.1, 0.15) is 54.4 Å². The number of likely N-dealkylation sites (tertiary alicyclic amines) is 1. The largest absolute Gasteiger partial charge is 0.454 e. The molecule has 0 radical (unpaired) electrons. The normalized spacial score (nSPS) is 17.3. The van der Waals surface area contributed by atoms with Crippen LogP contribution in [-0.4, -0.2) is 44.5 Å². The van der Waals surface area contributed by atoms with E-state index in [0.29, 0.717) is 11.6 Å². The number of hydrogen-bond donors (Lipinski definition) is 2. The van der Waals surface area contributed by atoms with Crippen LogP contribution in [0.15, 0.2) is 16.5 Å². The van der Waals surface area contributed by atoms with E-state index >= 15 is 0 Å². The highest BCUT2D eigenvalue weighted by Crippen LogP contribution is 2.25. The maximum atomic E-state index is 12.0. The van der Waals surface area contributed by atoms with Crippen molar-refractivity contribution in [1.29, 1.82) is 0 Å². The number of nitrogens with zero attached hydrogens (tertiary/aromatic N) is 4. The summed E-state index contributed by atoms with van der Waals surface area (Å²) in [6, 6.07) is 3.78. The first kappa shape index (κ1) is 14.7. The van der Waals surface area contributed by atoms with Crippen molar-refractivity contribution in [1.82, 2.24) is 30.8 Å². The molecule has 0 spiro atoms. The Morgan fingerprint density at radius 1 is 1.41 bits per heavy atom. The molecule has 3 rings (SSSR count). The van der Waals surface area contributed by atoms with E-state index in [2.05, 4.69) is 37.8 Å². The smallest absolute Gasteiger partial charge is 0.287 e. The molecule has 1 aliphatic rings. The van der Waals surface area contributed by atoms with Crippen LogP contribution >= 0.6 is 0 Å². The van der Waals surface area contributed by atoms with Crippen LogP contribution < -0.4 is 5.32 Å². The van der Waals surface area contributed by atoms with Gasteiger partial charge < -0.3 is 9.73 Å². The van der Waals surface area contributed by atoms with Crippen LogP contribution in [0.2, 0.25) is 0 Å². The van der Waals surface area contributed by atoms with Crippen molar-refractivity contribution in [2.45, 2.75) is 38.8 Å². The molecule has 0 saturated carbocycles. The second-order valence-corrected chi connectivity index (χ2v) is 5.49. The molecule has 0 aliphatic carbocycles. The monoisotopic (exact) mass is 304 g/mol. The number of nitrogens with one attached hydrogen (secondary N) is 2. The summed E-state index contributed by atoms with van der Waals surface area (Å²) >= 11 is 0. The summed E-state index contributed by atoms with van der Waals surface area (Å²) in [6.45, 7) is 4.50. The molecule has 3 heterocycles. The zero-order valence-corrected chi connectivity index (χ0v) is 12.6. The van der Waals surface area contributed by atoms with Crippen molar-refractivity contribution in [2.75, 3.05) is 13.1 Å². The number of furan rings is 1. The van der Waals surface area contributed by atoms with Gasteiger partial charge in [0.25, 0.3) is 5.91 Å². The van der Waals surface area contributed by atoms with Crippen LogP contribution in [0.3, 0.4) is 0 Å². The Morgan fingerprint density at radius 3 is 2.95 bits per heavy atom. The predicted octanol–water partition coefficient (Wildman–Crippen LogP) is 1.27. The summed E-state index contributed by atoms with van der Waals surface area (Å²) in [4.78, 5) is 14.4. The van der Waals surface area contributed by atoms with Crippen LogP contribution in [-0.2, 0) is 6.54 Å². The lowest BCUT2D eigenvalue weighted by atomic mass is 10.1. The van der Waals surface area contributed by atoms with E-state index in [-0.39, 0.29) is 18.5 Å². The van der Waals surface area contributed by atoms with Gasteiger partial charge in [-0.2, -0.15) is 5.21 Å². The van der Waals surface area contributed by atoms with Gasteiger partial charge in [-0.15, -0.1) is 10.2 Å². The number of carbonyl (C=O) groups is 1. The Bertz CT molecular complexity index is 603. The summed E-state index contributed by atoms with van der Waals surface area (Å²) in [6.07, 6.45) is 3.75. The molecule has 0 bridgehead atoms. The third-order valence-corrected chi connectivity index (χ3v) is 4.00. The number of piperidine rings is 1. The summed E-state index contributed by atoms with van der Waals surface area (Å²) in [5, 5.41) is 16.0. The Kier molecular flexibility index (Phi) is 4.47. The van der Waals surface area contributed by atoms with Crippen LogP contribution in [0.4, 0.5) is 0 Å². The minimum absolute atomic E-state index is 0.194. The molecule has 0 aromatic carbocycles. The number of aromatic amines is 1. The second kappa shape index (κ2) is 6.69. The van der Waals surface area contributed by atoms with Gasteiger partial charge in [0.15, 0.2) is 11.6 Å². The predicted molar refractivity (Wildman–Crippen MR) is 77.9 cm³/mol. The molecule has 2 N–H and O–H groups in total. The molecule has 1 atom stereocenters. The van der Waals surface area contributed by atoms with Gasteiger partial charge in [-0.3, -0.25) is 9.69 Å². The van der Waals surface area contributed by atoms with Crippen molar-refractivity contribution in [3.8, 4) is 0 Å². The molecule has 1 fully saturated rings. The zero-order valence-electron chi connectivity index (χ0n) is 12.6. The number of rotatable bonds is 5. The first-order valence-electron chi connectivity index (χ1n) is 7.58. The van der Waals surface area contributed by atoms with Gasteiger partial charge in [0.2, 0.25) is 0 Å². The van der Waals surface area contributed by atoms with Crippen LogP contribution in [0, 0.1) is 0 Å². The fourth-order valence-electron chi connectivity index (χ4n) is 2.69. The number of H-pyrrole nitrogens is 1. The molecule has 118 valence electrons. The first-order valence-corrected chi connectivity index (χ1v) is 7.58. The van der Waals surface area contributed by atoms with Gasteiger partial charge >= 0.3 is 0 Å². The van der Waals surface area contributed by atoms with Gasteiger partial charge in [0.05, 0.1) is 12.6 Å². The molecule has 1 amide bonds. The Morgan fingerprint density at radius 2 is 2.23 bits per heavy atom. The Hall–Kier alpha value is -2.22. The minimum atomic E-state index is -0.276. The van der Waals surface area contributed by atoms with Gasteiger partial charge in [0.1, 0.15) is 5.76 Å². The van der Waals surface area contributed by atoms with Gasteiger partial charge in [-0.05, 0) is 45.0 Å². The van der Waals surface area contributed by atoms with Crippen molar-refractivity contribution in [3.05, 3.63) is 29.5 Å². The molecule has 22 heavy (non-hydrogen) atoms. The highest BCUT2D eigenvalue weighted by Gasteiger charge is 2.22. The first-order chi connectivity index (χ1) is 10.7. The lowest BCUT2D eigenvalue weighted by Gasteiger charge is -2.31. The van der Waals surface area contributed by atoms with Crippen LogP contribution in [0.25, 0.3) is 0 Å². The highest BCUT2D eigenvalue weighted by molar-refractivity contribution is 5.91. The van der Waals surface area contributed by atoms with Crippen molar-refractivity contribution in [2.24, 2.45) is 0 Å². The quantitative estimate of drug-likeness (QED) is 0.863. The van der Waals surface area contributed by atoms with E-state index < -0.39 is 0 Å². The van der Waals surface area contributed by atoms with E-state index in [1.54, 1.807) is 6.07 Å². The summed E-state index contributed by atoms with van der Waals surface area (Å²) in [7, 11) is 0. The standard InChI is InChI=1S/C14H20N6O2/c1-10(20-7-3-2-4-8-20)11-5-6-12(22-11)14(21)15-9-13-16-18-19-17-13/h5-6,10H,2-4,7-9H2,1H3,(H,15,21)(H,16,17,18,19)/t10-/m1/s1. The number of amides is 1. The molecule has 2 aromatic heterocycles. The summed E-state index contributed by atoms with van der Waals surface area (Å²) < 4.78 is 5.71. The minimum Gasteiger partial charge on any atom is -0.454 e. The van der Waals surface area contributed by atoms with Gasteiger partial charge in [0, 0.05) is 0 Å². The lowest BCUT2D eigenvalue weighted by Crippen LogP contribution is -2.32. The van der Waals surface area contributed by atoms with E-state index in [4.69, 9.17) is 4.42 Å². The third kappa shape index (κ3) is 3.33. The number of tetrazole rings is 1. The number of aromatic nitrogens is 4. The van der Waals surface area contributed by atoms with E-state index in [1.165, 1.54) is 19.3 Å². The van der Waals surface area contributed by atoms with E-state index in [9.17, 15) is 4.79 Å². The average Bonchev–Trinajstić information content (AvgIpc) is 3.24. The van der Waals surface area contributed by atoms with Gasteiger partial charge in [-0.1, -0.05) is 11.6 Å². The van der Waals surface area contributed by atoms with Crippen molar-refractivity contribution >= 4 is 5.91 Å². The molecule has 8 nitrogen and oxygen atoms in total. The SMILES string of the molecule is C[C@H](c1ccc(C(=O)NCc2nn[nH]n2)o1)N1CCCCC1. The van der Waals surface area contributed by atoms with Crippen molar-refractivity contribution < 1.29 is 9.21 Å². The fourth-order valence-corrected chi connectivity index (χ4v) is 2.69. The molecule has 1 aliphatic heterocycles. The topological polar surface area (TPSA) is 99.9 Å². The van der Waals surface area contributed by atoms with Gasteiger partial charge in [-0.25, -0.2) is 0 Å². The lowest BCUT2D eigenvalue weighted by molar-refractivity contribution is 0.0913. The Labute approximate surface area is 128 Å². The highest BCUT2D eigenvalue weighted by atomic mass is 16.4. The second-order valence-electron chi connectivity index (χ2n) is 5.49. The van der Waals surface area contributed by atoms with Crippen molar-refractivity contribution in [3.63, 3.8) is 0 Å². The molecule has 0 unspecified atom stereocenters. The maximum Gasteiger partial charge on any atom is 0.287 e. The van der Waals surface area contributed by atoms with Crippen LogP contribution in [0.5, 0.6) is 0 Å². The maximum absolute atomic E-state index is 12.0. The zero-order chi connectivity index (χ0) is 15.4. The number of carbonyl (C=O) groups excluding carboxylic acids is 1. The number of hydrogen-bond acceptors (Lipinski definition) is 6. The molecule has 1 saturated heterocycles. The van der Waals surface area contributed by atoms with E-state index in [0.717, 1.165) is 18.8 Å². The summed E-state index contributed by atoms with van der Waals surface area (Å²) in [5.74, 6) is 1.29. The Balaban J connectivity index is 1.58. The average molecular weight is 304 g/mol. The fraction of sp³-hybridized carbons (Fsp3) is 0.571. The molecule has 8 heteroatoms. The molecular weight excluding hydrogens is 284 g/mol. The van der Waals surface area contributed by atoms with E-state index in [1.807, 2.05) is 6.07 Å². The molecule has 2 aromatic rings. The summed E-state index contributed by atoms with van der Waals surface area (Å²) in [5.41, 5.74) is 0.